The molecule has 9 N–H and O–H groups in total. The smallest absolute Gasteiger partial charge is 0.355 e. The van der Waals surface area contributed by atoms with Crippen LogP contribution in [0.15, 0.2) is 65.5 Å². The number of carboxylic acid groups (broad SMARTS) is 1. The minimum Gasteiger partial charge on any atom is -0.511 e. The fourth-order valence-electron chi connectivity index (χ4n) is 15.5. The third kappa shape index (κ3) is 9.59. The van der Waals surface area contributed by atoms with E-state index in [4.69, 9.17) is 38.9 Å². The first-order valence-electron chi connectivity index (χ1n) is 28.8. The Morgan fingerprint density at radius 3 is 2.29 bits per heavy atom. The van der Waals surface area contributed by atoms with Gasteiger partial charge < -0.3 is 74.6 Å². The zero-order valence-electron chi connectivity index (χ0n) is 46.6. The van der Waals surface area contributed by atoms with Gasteiger partial charge in [-0.05, 0) is 102 Å². The van der Waals surface area contributed by atoms with Gasteiger partial charge >= 0.3 is 11.9 Å². The number of esters is 1. The van der Waals surface area contributed by atoms with Gasteiger partial charge in [0.25, 0.3) is 5.91 Å². The number of aromatic nitrogens is 2. The van der Waals surface area contributed by atoms with Crippen LogP contribution in [-0.4, -0.2) is 139 Å². The number of hydrogen-bond donors (Lipinski definition) is 8. The molecule has 4 aliphatic heterocycles. The topological polar surface area (TPSA) is 283 Å². The van der Waals surface area contributed by atoms with E-state index >= 15 is 4.79 Å². The van der Waals surface area contributed by atoms with E-state index in [2.05, 4.69) is 21.4 Å². The Labute approximate surface area is 460 Å². The van der Waals surface area contributed by atoms with E-state index in [0.29, 0.717) is 43.4 Å². The van der Waals surface area contributed by atoms with Gasteiger partial charge in [0, 0.05) is 57.9 Å². The second-order valence-electron chi connectivity index (χ2n) is 25.2. The number of benzene rings is 1. The summed E-state index contributed by atoms with van der Waals surface area (Å²) in [5.41, 5.74) is 3.17. The largest absolute Gasteiger partial charge is 0.511 e. The van der Waals surface area contributed by atoms with Crippen molar-refractivity contribution in [2.75, 3.05) is 0 Å². The minimum absolute atomic E-state index is 0.0497. The molecule has 3 aromatic rings. The molecule has 21 atom stereocenters. The number of para-hydroxylation sites is 1. The summed E-state index contributed by atoms with van der Waals surface area (Å²) in [6.07, 6.45) is 3.43. The van der Waals surface area contributed by atoms with Crippen molar-refractivity contribution in [1.82, 2.24) is 15.3 Å². The predicted molar refractivity (Wildman–Crippen MR) is 288 cm³/mol. The Morgan fingerprint density at radius 1 is 0.823 bits per heavy atom. The number of Topliss-reactive ketones (excluding diaryl/α,β-unsaturated/α-hetero) is 1. The molecule has 19 nitrogen and oxygen atoms in total. The lowest BCUT2D eigenvalue weighted by Gasteiger charge is -2.53. The maximum Gasteiger partial charge on any atom is 0.355 e. The maximum absolute atomic E-state index is 15.1. The summed E-state index contributed by atoms with van der Waals surface area (Å²) in [5, 5.41) is 52.0. The summed E-state index contributed by atoms with van der Waals surface area (Å²) in [5.74, 6) is -4.93. The number of carbonyl (C=O) groups is 4. The highest BCUT2D eigenvalue weighted by atomic mass is 16.7. The van der Waals surface area contributed by atoms with Crippen molar-refractivity contribution in [3.63, 3.8) is 0 Å². The molecule has 2 aromatic heterocycles. The van der Waals surface area contributed by atoms with Gasteiger partial charge in [0.2, 0.25) is 0 Å². The van der Waals surface area contributed by atoms with E-state index < -0.39 is 125 Å². The number of ketones is 1. The number of aromatic amines is 2. The number of carbonyl (C=O) groups excluding carboxylic acids is 3. The van der Waals surface area contributed by atoms with Crippen LogP contribution in [0.2, 0.25) is 0 Å². The summed E-state index contributed by atoms with van der Waals surface area (Å²) >= 11 is 0. The molecular formula is C60H80N4O15. The van der Waals surface area contributed by atoms with E-state index in [-0.39, 0.29) is 72.9 Å². The monoisotopic (exact) mass is 1100 g/mol. The first-order valence-corrected chi connectivity index (χ1v) is 28.8. The second-order valence-corrected chi connectivity index (χ2v) is 25.2. The number of aliphatic hydroxyl groups excluding tert-OH is 2. The summed E-state index contributed by atoms with van der Waals surface area (Å²) in [6.45, 7) is 14.7. The number of aliphatic hydroxyl groups is 3. The molecule has 5 fully saturated rings. The highest BCUT2D eigenvalue weighted by Gasteiger charge is 2.66. The van der Waals surface area contributed by atoms with Crippen molar-refractivity contribution >= 4 is 45.6 Å². The zero-order valence-corrected chi connectivity index (χ0v) is 46.6. The lowest BCUT2D eigenvalue weighted by Crippen LogP contribution is -2.61. The molecule has 1 spiro atoms. The van der Waals surface area contributed by atoms with Crippen molar-refractivity contribution in [3.05, 3.63) is 71.2 Å². The quantitative estimate of drug-likeness (QED) is 0.0562. The molecule has 1 amide bonds. The number of nitrogens with two attached hydrogens (primary N) is 1. The number of amides is 1. The first-order chi connectivity index (χ1) is 37.4. The van der Waals surface area contributed by atoms with Crippen molar-refractivity contribution in [1.29, 1.82) is 0 Å². The van der Waals surface area contributed by atoms with Gasteiger partial charge in [-0.2, -0.15) is 0 Å². The van der Waals surface area contributed by atoms with Crippen LogP contribution in [0.5, 0.6) is 0 Å². The molecule has 10 unspecified atom stereocenters. The number of H-pyrrole nitrogens is 2. The molecule has 4 aliphatic carbocycles. The molecule has 19 heteroatoms. The predicted octanol–water partition coefficient (Wildman–Crippen LogP) is 7.30. The van der Waals surface area contributed by atoms with Crippen LogP contribution < -0.4 is 11.1 Å². The van der Waals surface area contributed by atoms with Crippen molar-refractivity contribution in [2.24, 2.45) is 46.2 Å². The SMILES string of the molecule is CCC1CC2(C)C=C(C(=O)O)C(C)CC23NC(=O)/C(=C(/O)C2(C)C(C=CC4C(O[C@H]5CC[C@@H](O[C@@H]6C[C@@](C)(O)[C@@H](O[C@@H]7C[C@H](OC(=O)c8cc9c([nH]8)[nH]c8ccccc89)[C@H](N)[C@H](C)O7)[C@H](C)O6)[C@@H](C)O5)CCCC42)CC1O)C3=O. The van der Waals surface area contributed by atoms with Gasteiger partial charge in [0.05, 0.1) is 48.3 Å². The van der Waals surface area contributed by atoms with Gasteiger partial charge in [-0.25, -0.2) is 9.59 Å². The summed E-state index contributed by atoms with van der Waals surface area (Å²) in [4.78, 5) is 61.9. The summed E-state index contributed by atoms with van der Waals surface area (Å²) in [6, 6.07) is 8.98. The van der Waals surface area contributed by atoms with Crippen LogP contribution in [0, 0.1) is 40.4 Å². The molecule has 8 aliphatic rings. The molecule has 0 radical (unpaired) electrons. The number of allylic oxidation sites excluding steroid dienone is 2. The average molecular weight is 1100 g/mol. The van der Waals surface area contributed by atoms with E-state index in [1.54, 1.807) is 39.8 Å². The van der Waals surface area contributed by atoms with Crippen molar-refractivity contribution < 1.29 is 72.8 Å². The maximum atomic E-state index is 15.1. The summed E-state index contributed by atoms with van der Waals surface area (Å²) < 4.78 is 45.0. The second kappa shape index (κ2) is 20.8. The van der Waals surface area contributed by atoms with Crippen LogP contribution in [0.4, 0.5) is 0 Å². The Morgan fingerprint density at radius 2 is 1.56 bits per heavy atom. The third-order valence-electron chi connectivity index (χ3n) is 20.1. The molecule has 11 rings (SSSR count). The fourth-order valence-corrected chi connectivity index (χ4v) is 15.5. The minimum atomic E-state index is -1.51. The van der Waals surface area contributed by atoms with Gasteiger partial charge in [0.15, 0.2) is 24.7 Å². The lowest BCUT2D eigenvalue weighted by molar-refractivity contribution is -0.339. The first kappa shape index (κ1) is 55.9. The molecule has 1 saturated carbocycles. The number of nitrogens with one attached hydrogen (secondary N) is 3. The van der Waals surface area contributed by atoms with E-state index in [1.165, 1.54) is 0 Å². The molecule has 79 heavy (non-hydrogen) atoms. The van der Waals surface area contributed by atoms with Crippen LogP contribution in [-0.2, 0) is 47.5 Å². The van der Waals surface area contributed by atoms with Crippen molar-refractivity contribution in [2.45, 2.75) is 211 Å². The Hall–Kier alpha value is -4.96. The molecule has 1 aromatic carbocycles. The zero-order chi connectivity index (χ0) is 56.2. The number of carboxylic acids is 1. The molecule has 6 heterocycles. The average Bonchev–Trinajstić information content (AvgIpc) is 4.21. The normalized spacial score (nSPS) is 44.5. The van der Waals surface area contributed by atoms with Crippen molar-refractivity contribution in [3.8, 4) is 0 Å². The molecule has 4 saturated heterocycles. The number of rotatable bonds is 10. The van der Waals surface area contributed by atoms with E-state index in [0.717, 1.165) is 22.7 Å². The highest BCUT2D eigenvalue weighted by molar-refractivity contribution is 6.29. The number of ether oxygens (including phenoxy) is 7. The fraction of sp³-hybridized carbons (Fsp3) is 0.667. The highest BCUT2D eigenvalue weighted by Crippen LogP contribution is 2.60. The number of aliphatic carboxylic acids is 1. The number of fused-ring (bicyclic) bond motifs is 7. The van der Waals surface area contributed by atoms with Gasteiger partial charge in [-0.3, -0.25) is 9.59 Å². The van der Waals surface area contributed by atoms with E-state index in [1.807, 2.05) is 58.0 Å². The van der Waals surface area contributed by atoms with Crippen LogP contribution >= 0.6 is 0 Å². The molecular weight excluding hydrogens is 1020 g/mol. The Balaban J connectivity index is 0.729. The standard InChI is InChI=1S/C60H80N4O15/c1-9-32-25-57(6)26-37(55(69)70)28(2)24-60(57)51(67)48(54(68)64-60)50(66)59(8)33(21-41(32)65)17-18-35-38(59)14-12-16-43(35)77-45-20-19-42(29(3)73-45)76-47-27-58(7,72)52(31(5)75-47)79-46-23-44(49(61)30(4)74-46)78-56(71)40-22-36-34-13-10-11-15-39(34)62-53(36)63-40/h10-11,13,15,17-18,22,26,28-33,35,38,41-47,49,52,62-63,65-66,72H,9,12,14,16,19-21,23-25,27,61H2,1-8H3,(H,64,68)(H,69,70)/b50-48+/t28?,29-,30+,31+,32?,33?,35?,38?,41?,42-,43?,44+,45+,46-,47-,49-,52+,57?,58-,59?,60?/m1/s1. The van der Waals surface area contributed by atoms with Crippen LogP contribution in [0.1, 0.15) is 137 Å². The van der Waals surface area contributed by atoms with E-state index in [9.17, 15) is 34.8 Å². The van der Waals surface area contributed by atoms with Gasteiger partial charge in [-0.1, -0.05) is 77.0 Å². The van der Waals surface area contributed by atoms with Gasteiger partial charge in [-0.15, -0.1) is 0 Å². The Kier molecular flexibility index (Phi) is 14.7. The number of hydrogen-bond acceptors (Lipinski definition) is 15. The third-order valence-corrected chi connectivity index (χ3v) is 20.1. The summed E-state index contributed by atoms with van der Waals surface area (Å²) in [7, 11) is 0. The van der Waals surface area contributed by atoms with Crippen LogP contribution in [0.3, 0.4) is 0 Å². The molecule has 430 valence electrons. The Bertz CT molecular complexity index is 2960. The van der Waals surface area contributed by atoms with Crippen LogP contribution in [0.25, 0.3) is 21.9 Å². The lowest BCUT2D eigenvalue weighted by atomic mass is 9.53. The molecule has 2 bridgehead atoms. The van der Waals surface area contributed by atoms with Gasteiger partial charge in [0.1, 0.15) is 40.4 Å².